The third kappa shape index (κ3) is 4.25. The lowest BCUT2D eigenvalue weighted by Gasteiger charge is -2.07. The minimum Gasteiger partial charge on any atom is -0.496 e. The van der Waals surface area contributed by atoms with Crippen LogP contribution in [0, 0.1) is 6.92 Å². The molecule has 2 aromatic carbocycles. The predicted molar refractivity (Wildman–Crippen MR) is 110 cm³/mol. The van der Waals surface area contributed by atoms with E-state index < -0.39 is 0 Å². The van der Waals surface area contributed by atoms with Gasteiger partial charge in [0.05, 0.1) is 12.7 Å². The Morgan fingerprint density at radius 1 is 1.22 bits per heavy atom. The van der Waals surface area contributed by atoms with Crippen molar-refractivity contribution in [1.29, 1.82) is 0 Å². The van der Waals surface area contributed by atoms with Gasteiger partial charge in [0.25, 0.3) is 0 Å². The van der Waals surface area contributed by atoms with Crippen LogP contribution in [-0.2, 0) is 0 Å². The summed E-state index contributed by atoms with van der Waals surface area (Å²) in [7, 11) is 1.59. The van der Waals surface area contributed by atoms with Gasteiger partial charge in [-0.05, 0) is 62.8 Å². The third-order valence-electron chi connectivity index (χ3n) is 4.16. The normalized spacial score (nSPS) is 14.0. The van der Waals surface area contributed by atoms with Gasteiger partial charge in [0.1, 0.15) is 23.9 Å². The number of hydrogen-bond acceptors (Lipinski definition) is 4. The fraction of sp³-hybridized carbons (Fsp3) is 0.227. The Morgan fingerprint density at radius 3 is 2.70 bits per heavy atom. The lowest BCUT2D eigenvalue weighted by atomic mass is 10.0. The second-order valence-corrected chi connectivity index (χ2v) is 7.45. The van der Waals surface area contributed by atoms with Crippen LogP contribution in [0.25, 0.3) is 6.08 Å². The Kier molecular flexibility index (Phi) is 5.71. The number of methoxy groups -OCH3 is 1. The topological polar surface area (TPSA) is 44.8 Å². The van der Waals surface area contributed by atoms with E-state index in [0.717, 1.165) is 15.6 Å². The molecule has 5 heteroatoms. The minimum atomic E-state index is -0.139. The molecule has 4 nitrogen and oxygen atoms in total. The molecule has 1 heterocycles. The molecule has 0 bridgehead atoms. The van der Waals surface area contributed by atoms with Crippen molar-refractivity contribution >= 4 is 27.8 Å². The van der Waals surface area contributed by atoms with Gasteiger partial charge in [-0.25, -0.2) is 0 Å². The van der Waals surface area contributed by atoms with Crippen LogP contribution in [-0.4, -0.2) is 19.5 Å². The molecule has 0 radical (unpaired) electrons. The monoisotopic (exact) mass is 428 g/mol. The number of carbonyl (C=O) groups excluding carboxylic acids is 1. The van der Waals surface area contributed by atoms with Crippen molar-refractivity contribution in [1.82, 2.24) is 0 Å². The average molecular weight is 429 g/mol. The molecular formula is C22H21BrO4. The highest BCUT2D eigenvalue weighted by Crippen LogP contribution is 2.38. The van der Waals surface area contributed by atoms with Crippen LogP contribution >= 0.6 is 15.9 Å². The second-order valence-electron chi connectivity index (χ2n) is 6.53. The Labute approximate surface area is 167 Å². The molecule has 0 atom stereocenters. The number of rotatable bonds is 5. The molecule has 2 aromatic rings. The number of Topliss-reactive ketones (excluding diaryl/α,β-unsaturated/α-hetero) is 1. The summed E-state index contributed by atoms with van der Waals surface area (Å²) in [6.07, 6.45) is 3.70. The first kappa shape index (κ1) is 19.2. The molecule has 0 N–H and O–H groups in total. The number of hydrogen-bond donors (Lipinski definition) is 0. The molecule has 1 aliphatic rings. The van der Waals surface area contributed by atoms with E-state index in [1.807, 2.05) is 51.1 Å². The lowest BCUT2D eigenvalue weighted by Crippen LogP contribution is -2.00. The smallest absolute Gasteiger partial charge is 0.232 e. The molecule has 140 valence electrons. The number of carbonyl (C=O) groups is 1. The SMILES string of the molecule is COc1ccc(Br)cc1/C=C1\Oc2cc(OCC=C(C)C)cc(C)c2C1=O. The summed E-state index contributed by atoms with van der Waals surface area (Å²) in [5, 5.41) is 0. The number of ether oxygens (including phenoxy) is 3. The molecular weight excluding hydrogens is 408 g/mol. The van der Waals surface area contributed by atoms with Gasteiger partial charge in [0.15, 0.2) is 5.76 Å². The first-order valence-corrected chi connectivity index (χ1v) is 9.37. The summed E-state index contributed by atoms with van der Waals surface area (Å²) in [5.41, 5.74) is 3.35. The zero-order valence-electron chi connectivity index (χ0n) is 15.8. The fourth-order valence-corrected chi connectivity index (χ4v) is 3.20. The first-order chi connectivity index (χ1) is 12.9. The van der Waals surface area contributed by atoms with Crippen LogP contribution in [0.5, 0.6) is 17.2 Å². The summed E-state index contributed by atoms with van der Waals surface area (Å²) < 4.78 is 17.9. The summed E-state index contributed by atoms with van der Waals surface area (Å²) in [6, 6.07) is 9.22. The minimum absolute atomic E-state index is 0.139. The van der Waals surface area contributed by atoms with Gasteiger partial charge in [0.2, 0.25) is 5.78 Å². The zero-order valence-corrected chi connectivity index (χ0v) is 17.3. The van der Waals surface area contributed by atoms with Gasteiger partial charge in [-0.15, -0.1) is 0 Å². The highest BCUT2D eigenvalue weighted by atomic mass is 79.9. The maximum atomic E-state index is 12.8. The van der Waals surface area contributed by atoms with Gasteiger partial charge in [-0.3, -0.25) is 4.79 Å². The molecule has 0 amide bonds. The number of halogens is 1. The predicted octanol–water partition coefficient (Wildman–Crippen LogP) is 5.73. The lowest BCUT2D eigenvalue weighted by molar-refractivity contribution is 0.101. The highest BCUT2D eigenvalue weighted by Gasteiger charge is 2.30. The van der Waals surface area contributed by atoms with E-state index >= 15 is 0 Å². The number of ketones is 1. The molecule has 0 saturated heterocycles. The van der Waals surface area contributed by atoms with E-state index in [-0.39, 0.29) is 11.5 Å². The summed E-state index contributed by atoms with van der Waals surface area (Å²) >= 11 is 3.44. The van der Waals surface area contributed by atoms with Crippen LogP contribution < -0.4 is 14.2 Å². The molecule has 27 heavy (non-hydrogen) atoms. The van der Waals surface area contributed by atoms with Crippen LogP contribution in [0.2, 0.25) is 0 Å². The molecule has 1 aliphatic heterocycles. The Bertz CT molecular complexity index is 953. The molecule has 0 unspecified atom stereocenters. The Morgan fingerprint density at radius 2 is 2.00 bits per heavy atom. The Balaban J connectivity index is 1.92. The van der Waals surface area contributed by atoms with E-state index in [9.17, 15) is 4.79 Å². The average Bonchev–Trinajstić information content (AvgIpc) is 2.91. The number of allylic oxidation sites excluding steroid dienone is 2. The number of benzene rings is 2. The fourth-order valence-electron chi connectivity index (χ4n) is 2.82. The van der Waals surface area contributed by atoms with Gasteiger partial charge in [-0.2, -0.15) is 0 Å². The number of fused-ring (bicyclic) bond motifs is 1. The van der Waals surface area contributed by atoms with E-state index in [1.54, 1.807) is 19.3 Å². The number of aryl methyl sites for hydroxylation is 1. The first-order valence-electron chi connectivity index (χ1n) is 8.57. The van der Waals surface area contributed by atoms with Crippen molar-refractivity contribution in [2.24, 2.45) is 0 Å². The van der Waals surface area contributed by atoms with Crippen LogP contribution in [0.4, 0.5) is 0 Å². The van der Waals surface area contributed by atoms with Crippen molar-refractivity contribution in [3.8, 4) is 17.2 Å². The second kappa shape index (κ2) is 8.01. The van der Waals surface area contributed by atoms with Crippen LogP contribution in [0.15, 0.2) is 52.2 Å². The maximum Gasteiger partial charge on any atom is 0.232 e. The standard InChI is InChI=1S/C22H21BrO4/c1-13(2)7-8-26-17-9-14(3)21-19(12-17)27-20(22(21)24)11-15-10-16(23)5-6-18(15)25-4/h5-7,9-12H,8H2,1-4H3/b20-11-. The van der Waals surface area contributed by atoms with E-state index in [4.69, 9.17) is 14.2 Å². The van der Waals surface area contributed by atoms with Crippen molar-refractivity contribution in [2.75, 3.05) is 13.7 Å². The molecule has 0 saturated carbocycles. The van der Waals surface area contributed by atoms with Crippen LogP contribution in [0.1, 0.15) is 35.3 Å². The van der Waals surface area contributed by atoms with E-state index in [2.05, 4.69) is 15.9 Å². The van der Waals surface area contributed by atoms with E-state index in [0.29, 0.717) is 29.4 Å². The van der Waals surface area contributed by atoms with Gasteiger partial charge in [-0.1, -0.05) is 21.5 Å². The van der Waals surface area contributed by atoms with Crippen molar-refractivity contribution in [3.05, 3.63) is 68.9 Å². The summed E-state index contributed by atoms with van der Waals surface area (Å²) in [6.45, 7) is 6.40. The Hall–Kier alpha value is -2.53. The van der Waals surface area contributed by atoms with E-state index in [1.165, 1.54) is 5.57 Å². The van der Waals surface area contributed by atoms with Gasteiger partial charge >= 0.3 is 0 Å². The maximum absolute atomic E-state index is 12.8. The van der Waals surface area contributed by atoms with Crippen LogP contribution in [0.3, 0.4) is 0 Å². The van der Waals surface area contributed by atoms with Crippen molar-refractivity contribution in [3.63, 3.8) is 0 Å². The highest BCUT2D eigenvalue weighted by molar-refractivity contribution is 9.10. The molecule has 0 spiro atoms. The summed E-state index contributed by atoms with van der Waals surface area (Å²) in [4.78, 5) is 12.8. The zero-order chi connectivity index (χ0) is 19.6. The molecule has 0 aliphatic carbocycles. The van der Waals surface area contributed by atoms with Gasteiger partial charge in [0, 0.05) is 16.1 Å². The third-order valence-corrected chi connectivity index (χ3v) is 4.66. The molecule has 0 aromatic heterocycles. The van der Waals surface area contributed by atoms with Gasteiger partial charge < -0.3 is 14.2 Å². The van der Waals surface area contributed by atoms with Crippen molar-refractivity contribution in [2.45, 2.75) is 20.8 Å². The summed E-state index contributed by atoms with van der Waals surface area (Å²) in [5.74, 6) is 2.00. The molecule has 3 rings (SSSR count). The molecule has 0 fully saturated rings. The quantitative estimate of drug-likeness (QED) is 0.450. The van der Waals surface area contributed by atoms with Crippen molar-refractivity contribution < 1.29 is 19.0 Å². The largest absolute Gasteiger partial charge is 0.496 e.